The molecule has 0 aliphatic heterocycles. The summed E-state index contributed by atoms with van der Waals surface area (Å²) in [7, 11) is 3.36. The van der Waals surface area contributed by atoms with Crippen LogP contribution in [0.3, 0.4) is 0 Å². The normalized spacial score (nSPS) is 10.7. The highest BCUT2D eigenvalue weighted by molar-refractivity contribution is 14.0. The van der Waals surface area contributed by atoms with E-state index in [1.807, 2.05) is 0 Å². The minimum atomic E-state index is -0.809. The van der Waals surface area contributed by atoms with E-state index in [0.29, 0.717) is 0 Å². The molecule has 0 radical (unpaired) electrons. The van der Waals surface area contributed by atoms with Gasteiger partial charge < -0.3 is 9.32 Å². The van der Waals surface area contributed by atoms with Crippen molar-refractivity contribution < 1.29 is 4.42 Å². The molecule has 0 unspecified atom stereocenters. The summed E-state index contributed by atoms with van der Waals surface area (Å²) in [6.45, 7) is 0. The van der Waals surface area contributed by atoms with Crippen molar-refractivity contribution in [3.63, 3.8) is 0 Å². The fourth-order valence-corrected chi connectivity index (χ4v) is 6.61. The molecule has 0 atom stereocenters. The van der Waals surface area contributed by atoms with E-state index >= 15 is 0 Å². The van der Waals surface area contributed by atoms with Crippen LogP contribution >= 0.6 is 31.9 Å². The van der Waals surface area contributed by atoms with Gasteiger partial charge in [0.05, 0.1) is 0 Å². The molecule has 1 heterocycles. The largest absolute Gasteiger partial charge is 0.451 e. The zero-order chi connectivity index (χ0) is 22.6. The van der Waals surface area contributed by atoms with E-state index in [1.165, 1.54) is 33.4 Å². The molecule has 0 aliphatic rings. The third-order valence-electron chi connectivity index (χ3n) is 5.66. The highest BCUT2D eigenvalue weighted by atomic mass is 127. The summed E-state index contributed by atoms with van der Waals surface area (Å²) in [6.07, 6.45) is 3.24. The van der Waals surface area contributed by atoms with Crippen molar-refractivity contribution in [2.24, 2.45) is 0 Å². The van der Waals surface area contributed by atoms with Gasteiger partial charge in [-0.05, 0) is 47.1 Å². The van der Waals surface area contributed by atoms with Gasteiger partial charge >= 0.3 is 0 Å². The van der Waals surface area contributed by atoms with Crippen LogP contribution in [-0.2, 0) is 0 Å². The number of halogens is 1. The minimum absolute atomic E-state index is 0. The number of hydrogen-bond donors (Lipinski definition) is 0. The fraction of sp³-hybridized carbons (Fsp3) is 0.0690. The van der Waals surface area contributed by atoms with Crippen LogP contribution < -0.4 is 20.8 Å². The number of oxazole rings is 1. The molecule has 0 fully saturated rings. The summed E-state index contributed by atoms with van der Waals surface area (Å²) in [5, 5.41) is 3.94. The van der Waals surface area contributed by atoms with E-state index in [1.54, 1.807) is 6.26 Å². The first-order chi connectivity index (χ1) is 16.2. The third kappa shape index (κ3) is 4.94. The van der Waals surface area contributed by atoms with Crippen LogP contribution in [0.5, 0.6) is 0 Å². The molecule has 4 aromatic carbocycles. The summed E-state index contributed by atoms with van der Waals surface area (Å²) >= 11 is 0. The van der Waals surface area contributed by atoms with Gasteiger partial charge in [0.2, 0.25) is 0 Å². The van der Waals surface area contributed by atoms with Crippen molar-refractivity contribution in [2.45, 2.75) is 0 Å². The Morgan fingerprint density at radius 2 is 1.29 bits per heavy atom. The molecular formula is C29H26IN2OP. The average molecular weight is 576 g/mol. The van der Waals surface area contributed by atoms with Crippen LogP contribution in [0.2, 0.25) is 0 Å². The average Bonchev–Trinajstić information content (AvgIpc) is 3.41. The van der Waals surface area contributed by atoms with E-state index in [0.717, 1.165) is 16.9 Å². The standard InChI is InChI=1S/C29H25N2OP.HI/c1-31(2)23-18-26(27-20-32-21-30-27)29(22-12-6-3-7-13-22)28(19-23)33(24-14-8-4-9-15-24)25-16-10-5-11-17-25;/h3-21H,1-2H3;1H. The predicted octanol–water partition coefficient (Wildman–Crippen LogP) is 6.45. The molecule has 0 spiro atoms. The van der Waals surface area contributed by atoms with E-state index < -0.39 is 7.92 Å². The lowest BCUT2D eigenvalue weighted by molar-refractivity contribution is 0.558. The lowest BCUT2D eigenvalue weighted by atomic mass is 9.97. The van der Waals surface area contributed by atoms with E-state index in [4.69, 9.17) is 4.42 Å². The molecule has 0 N–H and O–H groups in total. The van der Waals surface area contributed by atoms with Gasteiger partial charge in [0, 0.05) is 25.3 Å². The third-order valence-corrected chi connectivity index (χ3v) is 8.12. The zero-order valence-electron chi connectivity index (χ0n) is 19.1. The molecule has 0 saturated heterocycles. The van der Waals surface area contributed by atoms with Crippen molar-refractivity contribution >= 4 is 53.5 Å². The first-order valence-corrected chi connectivity index (χ1v) is 12.3. The molecule has 0 bridgehead atoms. The molecule has 0 aliphatic carbocycles. The first kappa shape index (κ1) is 24.2. The topological polar surface area (TPSA) is 29.3 Å². The Hall–Kier alpha value is -2.95. The molecule has 0 amide bonds. The van der Waals surface area contributed by atoms with Gasteiger partial charge in [-0.25, -0.2) is 4.98 Å². The number of anilines is 1. The van der Waals surface area contributed by atoms with Gasteiger partial charge in [0.1, 0.15) is 12.0 Å². The van der Waals surface area contributed by atoms with Crippen LogP contribution in [0.15, 0.2) is 120 Å². The maximum Gasteiger partial charge on any atom is 0.181 e. The highest BCUT2D eigenvalue weighted by Crippen LogP contribution is 2.42. The number of nitrogens with zero attached hydrogens (tertiary/aromatic N) is 2. The van der Waals surface area contributed by atoms with Crippen molar-refractivity contribution in [2.75, 3.05) is 19.0 Å². The van der Waals surface area contributed by atoms with Crippen LogP contribution in [0.25, 0.3) is 22.4 Å². The first-order valence-electron chi connectivity index (χ1n) is 10.9. The zero-order valence-corrected chi connectivity index (χ0v) is 22.4. The Bertz CT molecular complexity index is 1290. The number of benzene rings is 4. The van der Waals surface area contributed by atoms with Crippen molar-refractivity contribution in [3.05, 3.63) is 116 Å². The Morgan fingerprint density at radius 1 is 0.735 bits per heavy atom. The predicted molar refractivity (Wildman–Crippen MR) is 156 cm³/mol. The molecular weight excluding hydrogens is 550 g/mol. The van der Waals surface area contributed by atoms with Crippen molar-refractivity contribution in [3.8, 4) is 22.4 Å². The Balaban J connectivity index is 0.00000274. The maximum absolute atomic E-state index is 5.41. The quantitative estimate of drug-likeness (QED) is 0.172. The Morgan fingerprint density at radius 3 is 1.79 bits per heavy atom. The fourth-order valence-electron chi connectivity index (χ4n) is 4.08. The molecule has 5 heteroatoms. The summed E-state index contributed by atoms with van der Waals surface area (Å²) in [5.41, 5.74) is 5.44. The molecule has 3 nitrogen and oxygen atoms in total. The highest BCUT2D eigenvalue weighted by Gasteiger charge is 2.25. The van der Waals surface area contributed by atoms with E-state index in [-0.39, 0.29) is 24.0 Å². The second kappa shape index (κ2) is 11.0. The smallest absolute Gasteiger partial charge is 0.181 e. The van der Waals surface area contributed by atoms with Gasteiger partial charge in [-0.3, -0.25) is 0 Å². The summed E-state index contributed by atoms with van der Waals surface area (Å²) in [5.74, 6) is 0. The monoisotopic (exact) mass is 576 g/mol. The molecule has 5 rings (SSSR count). The van der Waals surface area contributed by atoms with Crippen molar-refractivity contribution in [1.82, 2.24) is 4.98 Å². The SMILES string of the molecule is CN(C)c1cc(-c2cocn2)c(-c2ccccc2)c(P(c2ccccc2)c2ccccc2)c1.I. The van der Waals surface area contributed by atoms with Crippen LogP contribution in [0.1, 0.15) is 0 Å². The molecule has 5 aromatic rings. The van der Waals surface area contributed by atoms with Crippen LogP contribution in [-0.4, -0.2) is 19.1 Å². The second-order valence-electron chi connectivity index (χ2n) is 8.03. The molecule has 1 aromatic heterocycles. The molecule has 0 saturated carbocycles. The molecule has 34 heavy (non-hydrogen) atoms. The van der Waals surface area contributed by atoms with Gasteiger partial charge in [-0.15, -0.1) is 24.0 Å². The lowest BCUT2D eigenvalue weighted by Gasteiger charge is -2.26. The number of hydrogen-bond acceptors (Lipinski definition) is 3. The van der Waals surface area contributed by atoms with Crippen molar-refractivity contribution in [1.29, 1.82) is 0 Å². The molecule has 170 valence electrons. The van der Waals surface area contributed by atoms with Gasteiger partial charge in [0.15, 0.2) is 6.39 Å². The lowest BCUT2D eigenvalue weighted by Crippen LogP contribution is -2.24. The van der Waals surface area contributed by atoms with E-state index in [9.17, 15) is 0 Å². The maximum atomic E-state index is 5.41. The Labute approximate surface area is 219 Å². The summed E-state index contributed by atoms with van der Waals surface area (Å²) in [6, 6.07) is 36.8. The van der Waals surface area contributed by atoms with E-state index in [2.05, 4.69) is 127 Å². The summed E-state index contributed by atoms with van der Waals surface area (Å²) in [4.78, 5) is 6.70. The summed E-state index contributed by atoms with van der Waals surface area (Å²) < 4.78 is 5.41. The number of rotatable bonds is 6. The van der Waals surface area contributed by atoms with Crippen LogP contribution in [0, 0.1) is 0 Å². The number of aromatic nitrogens is 1. The van der Waals surface area contributed by atoms with Crippen LogP contribution in [0.4, 0.5) is 5.69 Å². The second-order valence-corrected chi connectivity index (χ2v) is 10.2. The van der Waals surface area contributed by atoms with Gasteiger partial charge in [0.25, 0.3) is 0 Å². The van der Waals surface area contributed by atoms with Gasteiger partial charge in [-0.2, -0.15) is 0 Å². The minimum Gasteiger partial charge on any atom is -0.451 e. The Kier molecular flexibility index (Phi) is 7.81. The van der Waals surface area contributed by atoms with Gasteiger partial charge in [-0.1, -0.05) is 91.0 Å².